The van der Waals surface area contributed by atoms with Crippen molar-refractivity contribution in [3.63, 3.8) is 0 Å². The van der Waals surface area contributed by atoms with Crippen molar-refractivity contribution in [1.29, 1.82) is 0 Å². The summed E-state index contributed by atoms with van der Waals surface area (Å²) in [6.45, 7) is 7.13. The molecule has 1 atom stereocenters. The Labute approximate surface area is 111 Å². The molecule has 0 saturated carbocycles. The van der Waals surface area contributed by atoms with Crippen LogP contribution in [0.2, 0.25) is 0 Å². The molecule has 0 amide bonds. The topological polar surface area (TPSA) is 29.1 Å². The zero-order valence-corrected chi connectivity index (χ0v) is 11.4. The Bertz CT molecular complexity index is 460. The van der Waals surface area contributed by atoms with Crippen LogP contribution in [0, 0.1) is 0 Å². The van der Waals surface area contributed by atoms with Gasteiger partial charge in [0.25, 0.3) is 0 Å². The molecule has 0 bridgehead atoms. The average Bonchev–Trinajstić information content (AvgIpc) is 2.24. The maximum Gasteiger partial charge on any atom is 0.417 e. The Kier molecular flexibility index (Phi) is 4.40. The molecule has 0 heterocycles. The third kappa shape index (κ3) is 4.35. The number of hydrogen-bond acceptors (Lipinski definition) is 2. The van der Waals surface area contributed by atoms with Gasteiger partial charge in [0, 0.05) is 11.1 Å². The lowest BCUT2D eigenvalue weighted by Gasteiger charge is -2.26. The summed E-state index contributed by atoms with van der Waals surface area (Å²) in [5.41, 5.74) is -1.52. The fourth-order valence-electron chi connectivity index (χ4n) is 1.89. The van der Waals surface area contributed by atoms with Crippen LogP contribution in [0.3, 0.4) is 0 Å². The number of rotatable bonds is 3. The third-order valence-electron chi connectivity index (χ3n) is 2.54. The van der Waals surface area contributed by atoms with Gasteiger partial charge in [0.2, 0.25) is 0 Å². The fraction of sp³-hybridized carbons (Fsp3) is 0.500. The molecule has 1 aromatic rings. The third-order valence-corrected chi connectivity index (χ3v) is 2.54. The first-order chi connectivity index (χ1) is 8.52. The second-order valence-corrected chi connectivity index (χ2v) is 5.52. The van der Waals surface area contributed by atoms with Gasteiger partial charge in [-0.3, -0.25) is 4.79 Å². The van der Waals surface area contributed by atoms with E-state index in [0.29, 0.717) is 0 Å². The highest BCUT2D eigenvalue weighted by Gasteiger charge is 2.36. The lowest BCUT2D eigenvalue weighted by molar-refractivity contribution is -0.137. The van der Waals surface area contributed by atoms with Gasteiger partial charge in [0.05, 0.1) is 11.6 Å². The van der Waals surface area contributed by atoms with Gasteiger partial charge < -0.3 is 5.32 Å². The van der Waals surface area contributed by atoms with Gasteiger partial charge in [-0.1, -0.05) is 18.2 Å². The largest absolute Gasteiger partial charge is 0.417 e. The van der Waals surface area contributed by atoms with Crippen molar-refractivity contribution in [2.24, 2.45) is 0 Å². The number of hydrogen-bond donors (Lipinski definition) is 1. The molecule has 106 valence electrons. The van der Waals surface area contributed by atoms with Crippen molar-refractivity contribution in [3.8, 4) is 0 Å². The molecular formula is C14H18F3NO. The van der Waals surface area contributed by atoms with Gasteiger partial charge in [-0.15, -0.1) is 0 Å². The zero-order valence-electron chi connectivity index (χ0n) is 11.4. The van der Waals surface area contributed by atoms with E-state index in [1.165, 1.54) is 18.2 Å². The number of alkyl halides is 3. The molecule has 1 N–H and O–H groups in total. The highest BCUT2D eigenvalue weighted by molar-refractivity contribution is 6.01. The van der Waals surface area contributed by atoms with Crippen molar-refractivity contribution in [1.82, 2.24) is 5.32 Å². The number of carbonyl (C=O) groups is 1. The van der Waals surface area contributed by atoms with E-state index >= 15 is 0 Å². The molecule has 0 fully saturated rings. The summed E-state index contributed by atoms with van der Waals surface area (Å²) >= 11 is 0. The van der Waals surface area contributed by atoms with Crippen LogP contribution in [0.25, 0.3) is 0 Å². The molecule has 2 nitrogen and oxygen atoms in total. The summed E-state index contributed by atoms with van der Waals surface area (Å²) in [6.07, 6.45) is -4.52. The predicted octanol–water partition coefficient (Wildman–Crippen LogP) is 3.66. The summed E-state index contributed by atoms with van der Waals surface area (Å²) in [5, 5.41) is 2.98. The second-order valence-electron chi connectivity index (χ2n) is 5.52. The van der Waals surface area contributed by atoms with Crippen molar-refractivity contribution < 1.29 is 18.0 Å². The molecule has 1 aromatic carbocycles. The Morgan fingerprint density at radius 3 is 2.16 bits per heavy atom. The monoisotopic (exact) mass is 273 g/mol. The Morgan fingerprint density at radius 1 is 1.16 bits per heavy atom. The van der Waals surface area contributed by atoms with Gasteiger partial charge in [-0.05, 0) is 33.8 Å². The predicted molar refractivity (Wildman–Crippen MR) is 68.1 cm³/mol. The molecule has 0 spiro atoms. The van der Waals surface area contributed by atoms with Crippen LogP contribution in [-0.4, -0.2) is 17.4 Å². The smallest absolute Gasteiger partial charge is 0.303 e. The summed E-state index contributed by atoms with van der Waals surface area (Å²) in [4.78, 5) is 12.1. The van der Waals surface area contributed by atoms with E-state index in [1.807, 2.05) is 20.8 Å². The minimum atomic E-state index is -4.52. The molecule has 5 heteroatoms. The average molecular weight is 273 g/mol. The SMILES string of the molecule is CC(NC(C)(C)C)C(=O)c1ccccc1C(F)(F)F. The van der Waals surface area contributed by atoms with Gasteiger partial charge >= 0.3 is 6.18 Å². The second kappa shape index (κ2) is 5.33. The normalized spacial score (nSPS) is 14.3. The first-order valence-electron chi connectivity index (χ1n) is 6.00. The van der Waals surface area contributed by atoms with E-state index in [0.717, 1.165) is 6.07 Å². The molecule has 0 radical (unpaired) electrons. The number of ketones is 1. The summed E-state index contributed by atoms with van der Waals surface area (Å²) < 4.78 is 38.5. The van der Waals surface area contributed by atoms with Crippen LogP contribution in [0.4, 0.5) is 13.2 Å². The van der Waals surface area contributed by atoms with E-state index in [4.69, 9.17) is 0 Å². The lowest BCUT2D eigenvalue weighted by atomic mass is 9.97. The molecule has 1 unspecified atom stereocenters. The molecule has 0 saturated heterocycles. The fourth-order valence-corrected chi connectivity index (χ4v) is 1.89. The van der Waals surface area contributed by atoms with Crippen LogP contribution in [-0.2, 0) is 6.18 Å². The van der Waals surface area contributed by atoms with Crippen molar-refractivity contribution in [3.05, 3.63) is 35.4 Å². The zero-order chi connectivity index (χ0) is 14.8. The maximum absolute atomic E-state index is 12.8. The highest BCUT2D eigenvalue weighted by Crippen LogP contribution is 2.32. The lowest BCUT2D eigenvalue weighted by Crippen LogP contribution is -2.46. The van der Waals surface area contributed by atoms with E-state index in [9.17, 15) is 18.0 Å². The number of halogens is 3. The molecule has 0 aliphatic carbocycles. The minimum absolute atomic E-state index is 0.292. The molecule has 0 aliphatic rings. The maximum atomic E-state index is 12.8. The van der Waals surface area contributed by atoms with Gasteiger partial charge in [0.15, 0.2) is 5.78 Å². The molecule has 19 heavy (non-hydrogen) atoms. The molecule has 0 aromatic heterocycles. The standard InChI is InChI=1S/C14H18F3NO/c1-9(18-13(2,3)4)12(19)10-7-5-6-8-11(10)14(15,16)17/h5-9,18H,1-4H3. The van der Waals surface area contributed by atoms with Crippen LogP contribution in [0.5, 0.6) is 0 Å². The number of carbonyl (C=O) groups excluding carboxylic acids is 1. The summed E-state index contributed by atoms with van der Waals surface area (Å²) in [6, 6.07) is 4.18. The first kappa shape index (κ1) is 15.7. The van der Waals surface area contributed by atoms with Crippen molar-refractivity contribution in [2.45, 2.75) is 45.5 Å². The van der Waals surface area contributed by atoms with E-state index in [-0.39, 0.29) is 11.1 Å². The minimum Gasteiger partial charge on any atom is -0.303 e. The first-order valence-corrected chi connectivity index (χ1v) is 6.00. The van der Waals surface area contributed by atoms with E-state index < -0.39 is 23.6 Å². The molecule has 1 rings (SSSR count). The molecule has 0 aliphatic heterocycles. The quantitative estimate of drug-likeness (QED) is 0.851. The van der Waals surface area contributed by atoms with Crippen LogP contribution >= 0.6 is 0 Å². The van der Waals surface area contributed by atoms with Crippen LogP contribution < -0.4 is 5.32 Å². The number of nitrogens with one attached hydrogen (secondary N) is 1. The highest BCUT2D eigenvalue weighted by atomic mass is 19.4. The van der Waals surface area contributed by atoms with Gasteiger partial charge in [-0.2, -0.15) is 13.2 Å². The Balaban J connectivity index is 3.07. The van der Waals surface area contributed by atoms with E-state index in [1.54, 1.807) is 6.92 Å². The van der Waals surface area contributed by atoms with Gasteiger partial charge in [-0.25, -0.2) is 0 Å². The molecular weight excluding hydrogens is 255 g/mol. The van der Waals surface area contributed by atoms with Gasteiger partial charge in [0.1, 0.15) is 0 Å². The summed E-state index contributed by atoms with van der Waals surface area (Å²) in [5.74, 6) is -0.553. The van der Waals surface area contributed by atoms with Crippen LogP contribution in [0.1, 0.15) is 43.6 Å². The van der Waals surface area contributed by atoms with Crippen molar-refractivity contribution in [2.75, 3.05) is 0 Å². The van der Waals surface area contributed by atoms with Crippen LogP contribution in [0.15, 0.2) is 24.3 Å². The Morgan fingerprint density at radius 2 is 1.68 bits per heavy atom. The Hall–Kier alpha value is -1.36. The van der Waals surface area contributed by atoms with E-state index in [2.05, 4.69) is 5.32 Å². The number of Topliss-reactive ketones (excluding diaryl/α,β-unsaturated/α-hetero) is 1. The van der Waals surface area contributed by atoms with Crippen molar-refractivity contribution >= 4 is 5.78 Å². The number of benzene rings is 1. The summed E-state index contributed by atoms with van der Waals surface area (Å²) in [7, 11) is 0.